The molecule has 1 heterocycles. The number of carbonyl (C=O) groups is 3. The third kappa shape index (κ3) is 3.95. The van der Waals surface area contributed by atoms with E-state index in [0.29, 0.717) is 13.0 Å². The maximum atomic E-state index is 12.1. The van der Waals surface area contributed by atoms with Crippen LogP contribution in [0, 0.1) is 5.92 Å². The van der Waals surface area contributed by atoms with Crippen LogP contribution in [0.1, 0.15) is 12.8 Å². The zero-order chi connectivity index (χ0) is 17.0. The van der Waals surface area contributed by atoms with E-state index in [1.54, 1.807) is 7.11 Å². The van der Waals surface area contributed by atoms with Gasteiger partial charge in [-0.2, -0.15) is 0 Å². The van der Waals surface area contributed by atoms with Crippen LogP contribution in [0.3, 0.4) is 0 Å². The number of amides is 3. The molecule has 4 atom stereocenters. The van der Waals surface area contributed by atoms with Crippen LogP contribution in [-0.4, -0.2) is 73.3 Å². The molecule has 1 aliphatic carbocycles. The lowest BCUT2D eigenvalue weighted by molar-refractivity contribution is -0.137. The van der Waals surface area contributed by atoms with Crippen LogP contribution < -0.4 is 5.32 Å². The summed E-state index contributed by atoms with van der Waals surface area (Å²) in [6, 6.07) is -0.328. The molecule has 0 aromatic heterocycles. The summed E-state index contributed by atoms with van der Waals surface area (Å²) in [5, 5.41) is 13.0. The third-order valence-corrected chi connectivity index (χ3v) is 4.24. The SMILES string of the molecule is COC[C@H]1C[C@@H](NC(=O)CCN2C(=O)C=CC2=O)[C@@H](OC)C1O. The van der Waals surface area contributed by atoms with Gasteiger partial charge in [0.1, 0.15) is 6.10 Å². The number of carbonyl (C=O) groups excluding carboxylic acids is 3. The number of hydrogen-bond donors (Lipinski definition) is 2. The topological polar surface area (TPSA) is 105 Å². The molecule has 8 nitrogen and oxygen atoms in total. The molecule has 3 amide bonds. The Bertz CT molecular complexity index is 488. The van der Waals surface area contributed by atoms with Gasteiger partial charge in [0, 0.05) is 45.3 Å². The minimum absolute atomic E-state index is 0.0110. The summed E-state index contributed by atoms with van der Waals surface area (Å²) in [7, 11) is 3.04. The van der Waals surface area contributed by atoms with Crippen LogP contribution in [0.5, 0.6) is 0 Å². The number of nitrogens with zero attached hydrogens (tertiary/aromatic N) is 1. The minimum atomic E-state index is -0.712. The predicted molar refractivity (Wildman–Crippen MR) is 79.2 cm³/mol. The van der Waals surface area contributed by atoms with Crippen molar-refractivity contribution in [3.63, 3.8) is 0 Å². The Labute approximate surface area is 134 Å². The standard InChI is InChI=1S/C15H22N2O6/c1-22-8-9-7-10(15(23-2)14(9)21)16-11(18)5-6-17-12(19)3-4-13(17)20/h3-4,9-10,14-15,21H,5-8H2,1-2H3,(H,16,18)/t9-,10-,14?,15-/m1/s1. The largest absolute Gasteiger partial charge is 0.390 e. The van der Waals surface area contributed by atoms with Gasteiger partial charge in [0.05, 0.1) is 18.8 Å². The maximum Gasteiger partial charge on any atom is 0.253 e. The highest BCUT2D eigenvalue weighted by Gasteiger charge is 2.43. The fourth-order valence-electron chi connectivity index (χ4n) is 3.08. The molecular formula is C15H22N2O6. The van der Waals surface area contributed by atoms with Crippen LogP contribution >= 0.6 is 0 Å². The fourth-order valence-corrected chi connectivity index (χ4v) is 3.08. The van der Waals surface area contributed by atoms with E-state index in [2.05, 4.69) is 5.32 Å². The molecule has 0 aromatic rings. The Morgan fingerprint density at radius 3 is 2.57 bits per heavy atom. The molecule has 128 valence electrons. The van der Waals surface area contributed by atoms with Gasteiger partial charge in [-0.25, -0.2) is 0 Å². The highest BCUT2D eigenvalue weighted by atomic mass is 16.5. The van der Waals surface area contributed by atoms with Gasteiger partial charge < -0.3 is 19.9 Å². The normalized spacial score (nSPS) is 30.3. The van der Waals surface area contributed by atoms with Crippen LogP contribution in [0.2, 0.25) is 0 Å². The van der Waals surface area contributed by atoms with Crippen molar-refractivity contribution in [2.75, 3.05) is 27.4 Å². The van der Waals surface area contributed by atoms with Crippen molar-refractivity contribution in [3.05, 3.63) is 12.2 Å². The average molecular weight is 326 g/mol. The summed E-state index contributed by atoms with van der Waals surface area (Å²) in [5.74, 6) is -1.22. The molecule has 1 saturated carbocycles. The Morgan fingerprint density at radius 2 is 2.00 bits per heavy atom. The summed E-state index contributed by atoms with van der Waals surface area (Å²) in [6.07, 6.45) is 1.71. The maximum absolute atomic E-state index is 12.1. The second kappa shape index (κ2) is 7.67. The molecule has 0 saturated heterocycles. The molecular weight excluding hydrogens is 304 g/mol. The molecule has 0 radical (unpaired) electrons. The molecule has 0 spiro atoms. The quantitative estimate of drug-likeness (QED) is 0.571. The first-order valence-electron chi connectivity index (χ1n) is 7.50. The molecule has 1 aliphatic heterocycles. The second-order valence-corrected chi connectivity index (χ2v) is 5.73. The zero-order valence-electron chi connectivity index (χ0n) is 13.2. The molecule has 8 heteroatoms. The molecule has 1 unspecified atom stereocenters. The van der Waals surface area contributed by atoms with E-state index in [1.165, 1.54) is 19.3 Å². The Kier molecular flexibility index (Phi) is 5.86. The van der Waals surface area contributed by atoms with Gasteiger partial charge in [-0.1, -0.05) is 0 Å². The van der Waals surface area contributed by atoms with Gasteiger partial charge >= 0.3 is 0 Å². The Hall–Kier alpha value is -1.77. The van der Waals surface area contributed by atoms with E-state index < -0.39 is 24.0 Å². The number of hydrogen-bond acceptors (Lipinski definition) is 6. The second-order valence-electron chi connectivity index (χ2n) is 5.73. The fraction of sp³-hybridized carbons (Fsp3) is 0.667. The molecule has 1 fully saturated rings. The lowest BCUT2D eigenvalue weighted by atomic mass is 10.1. The average Bonchev–Trinajstić information content (AvgIpc) is 2.98. The number of imide groups is 1. The molecule has 2 N–H and O–H groups in total. The summed E-state index contributed by atoms with van der Waals surface area (Å²) < 4.78 is 10.3. The first-order chi connectivity index (χ1) is 11.0. The van der Waals surface area contributed by atoms with Crippen LogP contribution in [-0.2, 0) is 23.9 Å². The Morgan fingerprint density at radius 1 is 1.35 bits per heavy atom. The number of methoxy groups -OCH3 is 2. The van der Waals surface area contributed by atoms with Crippen molar-refractivity contribution in [2.45, 2.75) is 31.1 Å². The van der Waals surface area contributed by atoms with Gasteiger partial charge in [-0.05, 0) is 6.42 Å². The van der Waals surface area contributed by atoms with Gasteiger partial charge in [-0.15, -0.1) is 0 Å². The smallest absolute Gasteiger partial charge is 0.253 e. The third-order valence-electron chi connectivity index (χ3n) is 4.24. The zero-order valence-corrected chi connectivity index (χ0v) is 13.2. The van der Waals surface area contributed by atoms with E-state index in [-0.39, 0.29) is 30.8 Å². The van der Waals surface area contributed by atoms with Crippen molar-refractivity contribution in [1.29, 1.82) is 0 Å². The minimum Gasteiger partial charge on any atom is -0.390 e. The number of ether oxygens (including phenoxy) is 2. The van der Waals surface area contributed by atoms with Crippen molar-refractivity contribution in [1.82, 2.24) is 10.2 Å². The molecule has 2 rings (SSSR count). The van der Waals surface area contributed by atoms with E-state index in [4.69, 9.17) is 9.47 Å². The van der Waals surface area contributed by atoms with Crippen LogP contribution in [0.15, 0.2) is 12.2 Å². The van der Waals surface area contributed by atoms with Crippen molar-refractivity contribution >= 4 is 17.7 Å². The first kappa shape index (κ1) is 17.6. The number of aliphatic hydroxyl groups is 1. The summed E-state index contributed by atoms with van der Waals surface area (Å²) in [5.41, 5.74) is 0. The summed E-state index contributed by atoms with van der Waals surface area (Å²) >= 11 is 0. The monoisotopic (exact) mass is 326 g/mol. The predicted octanol–water partition coefficient (Wildman–Crippen LogP) is -1.17. The van der Waals surface area contributed by atoms with E-state index in [1.807, 2.05) is 0 Å². The van der Waals surface area contributed by atoms with Gasteiger partial charge in [-0.3, -0.25) is 19.3 Å². The van der Waals surface area contributed by atoms with E-state index in [9.17, 15) is 19.5 Å². The van der Waals surface area contributed by atoms with E-state index >= 15 is 0 Å². The molecule has 0 aromatic carbocycles. The van der Waals surface area contributed by atoms with Gasteiger partial charge in [0.25, 0.3) is 11.8 Å². The number of aliphatic hydroxyl groups excluding tert-OH is 1. The van der Waals surface area contributed by atoms with Crippen LogP contribution in [0.25, 0.3) is 0 Å². The van der Waals surface area contributed by atoms with Gasteiger partial charge in [0.15, 0.2) is 0 Å². The lowest BCUT2D eigenvalue weighted by Crippen LogP contribution is -2.45. The van der Waals surface area contributed by atoms with Crippen molar-refractivity contribution < 1.29 is 29.0 Å². The van der Waals surface area contributed by atoms with Crippen LogP contribution in [0.4, 0.5) is 0 Å². The first-order valence-corrected chi connectivity index (χ1v) is 7.50. The van der Waals surface area contributed by atoms with Crippen molar-refractivity contribution in [2.24, 2.45) is 5.92 Å². The summed E-state index contributed by atoms with van der Waals surface area (Å²) in [4.78, 5) is 35.9. The van der Waals surface area contributed by atoms with Crippen molar-refractivity contribution in [3.8, 4) is 0 Å². The van der Waals surface area contributed by atoms with E-state index in [0.717, 1.165) is 4.90 Å². The highest BCUT2D eigenvalue weighted by Crippen LogP contribution is 2.29. The highest BCUT2D eigenvalue weighted by molar-refractivity contribution is 6.13. The summed E-state index contributed by atoms with van der Waals surface area (Å²) in [6.45, 7) is 0.417. The Balaban J connectivity index is 1.84. The number of rotatable bonds is 7. The molecule has 0 bridgehead atoms. The number of nitrogens with one attached hydrogen (secondary N) is 1. The van der Waals surface area contributed by atoms with Gasteiger partial charge in [0.2, 0.25) is 5.91 Å². The molecule has 23 heavy (non-hydrogen) atoms. The molecule has 2 aliphatic rings. The lowest BCUT2D eigenvalue weighted by Gasteiger charge is -2.22.